The SMILES string of the molecule is N#Cc1ccc2ccn(C(F)(F)F)c2c1. The average molecular weight is 210 g/mol. The first kappa shape index (κ1) is 9.59. The standard InChI is InChI=1S/C10H5F3N2/c11-10(12,13)15-4-3-8-2-1-7(6-14)5-9(8)15/h1-5H. The van der Waals surface area contributed by atoms with Crippen LogP contribution in [-0.2, 0) is 6.30 Å². The van der Waals surface area contributed by atoms with Gasteiger partial charge in [0.2, 0.25) is 0 Å². The summed E-state index contributed by atoms with van der Waals surface area (Å²) in [6, 6.07) is 7.38. The Labute approximate surface area is 83.2 Å². The van der Waals surface area contributed by atoms with E-state index in [4.69, 9.17) is 5.26 Å². The number of alkyl halides is 3. The minimum absolute atomic E-state index is 0.00144. The number of halogens is 3. The molecule has 76 valence electrons. The second-order valence-electron chi connectivity index (χ2n) is 3.04. The molecule has 0 atom stereocenters. The Morgan fingerprint density at radius 3 is 2.53 bits per heavy atom. The molecule has 0 fully saturated rings. The van der Waals surface area contributed by atoms with Crippen LogP contribution in [0.15, 0.2) is 30.5 Å². The van der Waals surface area contributed by atoms with Gasteiger partial charge in [0.05, 0.1) is 17.1 Å². The fourth-order valence-electron chi connectivity index (χ4n) is 1.42. The fraction of sp³-hybridized carbons (Fsp3) is 0.100. The van der Waals surface area contributed by atoms with Crippen molar-refractivity contribution in [3.8, 4) is 6.07 Å². The second kappa shape index (κ2) is 3.02. The molecule has 1 heterocycles. The largest absolute Gasteiger partial charge is 0.488 e. The van der Waals surface area contributed by atoms with Crippen molar-refractivity contribution in [1.29, 1.82) is 5.26 Å². The van der Waals surface area contributed by atoms with Crippen molar-refractivity contribution in [2.45, 2.75) is 6.30 Å². The predicted molar refractivity (Wildman–Crippen MR) is 48.0 cm³/mol. The van der Waals surface area contributed by atoms with E-state index in [1.807, 2.05) is 0 Å². The lowest BCUT2D eigenvalue weighted by atomic mass is 10.2. The highest BCUT2D eigenvalue weighted by molar-refractivity contribution is 5.81. The number of nitrogens with zero attached hydrogens (tertiary/aromatic N) is 2. The number of hydrogen-bond acceptors (Lipinski definition) is 1. The predicted octanol–water partition coefficient (Wildman–Crippen LogP) is 2.99. The van der Waals surface area contributed by atoms with E-state index < -0.39 is 6.30 Å². The zero-order valence-corrected chi connectivity index (χ0v) is 7.42. The van der Waals surface area contributed by atoms with E-state index in [1.165, 1.54) is 24.3 Å². The van der Waals surface area contributed by atoms with Gasteiger partial charge < -0.3 is 0 Å². The first-order valence-corrected chi connectivity index (χ1v) is 4.11. The summed E-state index contributed by atoms with van der Waals surface area (Å²) in [6.07, 6.45) is -3.50. The minimum atomic E-state index is -4.45. The summed E-state index contributed by atoms with van der Waals surface area (Å²) in [5, 5.41) is 9.05. The van der Waals surface area contributed by atoms with Crippen molar-refractivity contribution in [3.63, 3.8) is 0 Å². The van der Waals surface area contributed by atoms with E-state index in [1.54, 1.807) is 6.07 Å². The second-order valence-corrected chi connectivity index (χ2v) is 3.04. The molecule has 0 amide bonds. The maximum Gasteiger partial charge on any atom is 0.488 e. The van der Waals surface area contributed by atoms with Crippen LogP contribution >= 0.6 is 0 Å². The van der Waals surface area contributed by atoms with Gasteiger partial charge in [-0.3, -0.25) is 4.57 Å². The third kappa shape index (κ3) is 1.54. The molecule has 0 aliphatic carbocycles. The molecule has 0 aliphatic heterocycles. The number of rotatable bonds is 0. The van der Waals surface area contributed by atoms with E-state index in [9.17, 15) is 13.2 Å². The van der Waals surface area contributed by atoms with Crippen LogP contribution in [0.25, 0.3) is 10.9 Å². The van der Waals surface area contributed by atoms with Crippen molar-refractivity contribution in [1.82, 2.24) is 4.57 Å². The molecule has 1 aromatic heterocycles. The van der Waals surface area contributed by atoms with Crippen molar-refractivity contribution < 1.29 is 13.2 Å². The van der Waals surface area contributed by atoms with E-state index >= 15 is 0 Å². The molecule has 15 heavy (non-hydrogen) atoms. The zero-order chi connectivity index (χ0) is 11.1. The molecule has 0 saturated carbocycles. The van der Waals surface area contributed by atoms with Crippen LogP contribution in [0.3, 0.4) is 0 Å². The molecular formula is C10H5F3N2. The molecule has 2 nitrogen and oxygen atoms in total. The van der Waals surface area contributed by atoms with Gasteiger partial charge >= 0.3 is 6.30 Å². The minimum Gasteiger partial charge on any atom is -0.259 e. The molecule has 0 radical (unpaired) electrons. The summed E-state index contributed by atoms with van der Waals surface area (Å²) in [5.74, 6) is 0. The highest BCUT2D eigenvalue weighted by Gasteiger charge is 2.31. The van der Waals surface area contributed by atoms with Gasteiger partial charge in [0.25, 0.3) is 0 Å². The van der Waals surface area contributed by atoms with Crippen LogP contribution in [0.1, 0.15) is 5.56 Å². The Bertz CT molecular complexity index is 546. The molecule has 0 unspecified atom stereocenters. The highest BCUT2D eigenvalue weighted by atomic mass is 19.4. The Hall–Kier alpha value is -1.96. The van der Waals surface area contributed by atoms with Crippen molar-refractivity contribution in [3.05, 3.63) is 36.0 Å². The maximum absolute atomic E-state index is 12.5. The van der Waals surface area contributed by atoms with Crippen LogP contribution in [-0.4, -0.2) is 4.57 Å². The number of aromatic nitrogens is 1. The smallest absolute Gasteiger partial charge is 0.259 e. The first-order valence-electron chi connectivity index (χ1n) is 4.11. The topological polar surface area (TPSA) is 28.7 Å². The van der Waals surface area contributed by atoms with Crippen LogP contribution in [0, 0.1) is 11.3 Å². The lowest BCUT2D eigenvalue weighted by Crippen LogP contribution is -2.14. The summed E-state index contributed by atoms with van der Waals surface area (Å²) in [6.45, 7) is 0. The maximum atomic E-state index is 12.5. The van der Waals surface area contributed by atoms with Crippen LogP contribution < -0.4 is 0 Å². The summed E-state index contributed by atoms with van der Waals surface area (Å²) in [5.41, 5.74) is 0.216. The summed E-state index contributed by atoms with van der Waals surface area (Å²) < 4.78 is 37.6. The Morgan fingerprint density at radius 2 is 1.93 bits per heavy atom. The van der Waals surface area contributed by atoms with Gasteiger partial charge in [0, 0.05) is 6.20 Å². The molecule has 0 spiro atoms. The van der Waals surface area contributed by atoms with Crippen LogP contribution in [0.4, 0.5) is 13.2 Å². The summed E-state index contributed by atoms with van der Waals surface area (Å²) in [4.78, 5) is 0. The van der Waals surface area contributed by atoms with Crippen molar-refractivity contribution >= 4 is 10.9 Å². The van der Waals surface area contributed by atoms with Gasteiger partial charge in [0.15, 0.2) is 0 Å². The quantitative estimate of drug-likeness (QED) is 0.657. The van der Waals surface area contributed by atoms with Gasteiger partial charge in [-0.25, -0.2) is 0 Å². The third-order valence-corrected chi connectivity index (χ3v) is 2.10. The van der Waals surface area contributed by atoms with Gasteiger partial charge in [-0.05, 0) is 23.6 Å². The third-order valence-electron chi connectivity index (χ3n) is 2.10. The zero-order valence-electron chi connectivity index (χ0n) is 7.42. The molecule has 5 heteroatoms. The van der Waals surface area contributed by atoms with Crippen LogP contribution in [0.2, 0.25) is 0 Å². The monoisotopic (exact) mass is 210 g/mol. The Morgan fingerprint density at radius 1 is 1.20 bits per heavy atom. The molecular weight excluding hydrogens is 205 g/mol. The van der Waals surface area contributed by atoms with Crippen molar-refractivity contribution in [2.24, 2.45) is 0 Å². The van der Waals surface area contributed by atoms with Crippen LogP contribution in [0.5, 0.6) is 0 Å². The molecule has 1 aromatic carbocycles. The van der Waals surface area contributed by atoms with E-state index in [0.29, 0.717) is 5.39 Å². The normalized spacial score (nSPS) is 11.6. The first-order chi connectivity index (χ1) is 7.02. The highest BCUT2D eigenvalue weighted by Crippen LogP contribution is 2.28. The van der Waals surface area contributed by atoms with Gasteiger partial charge in [0.1, 0.15) is 0 Å². The van der Waals surface area contributed by atoms with E-state index in [0.717, 1.165) is 6.20 Å². The fourth-order valence-corrected chi connectivity index (χ4v) is 1.42. The lowest BCUT2D eigenvalue weighted by molar-refractivity contribution is -0.200. The molecule has 0 bridgehead atoms. The van der Waals surface area contributed by atoms with Gasteiger partial charge in [-0.15, -0.1) is 13.2 Å². The molecule has 2 rings (SSSR count). The summed E-state index contributed by atoms with van der Waals surface area (Å²) in [7, 11) is 0. The van der Waals surface area contributed by atoms with Gasteiger partial charge in [-0.2, -0.15) is 5.26 Å². The van der Waals surface area contributed by atoms with Gasteiger partial charge in [-0.1, -0.05) is 6.07 Å². The average Bonchev–Trinajstić information content (AvgIpc) is 2.59. The van der Waals surface area contributed by atoms with E-state index in [2.05, 4.69) is 0 Å². The summed E-state index contributed by atoms with van der Waals surface area (Å²) >= 11 is 0. The van der Waals surface area contributed by atoms with E-state index in [-0.39, 0.29) is 15.6 Å². The number of benzene rings is 1. The molecule has 0 saturated heterocycles. The Kier molecular flexibility index (Phi) is 1.93. The number of nitriles is 1. The number of hydrogen-bond donors (Lipinski definition) is 0. The molecule has 2 aromatic rings. The van der Waals surface area contributed by atoms with Crippen molar-refractivity contribution in [2.75, 3.05) is 0 Å². The molecule has 0 N–H and O–H groups in total. The molecule has 0 aliphatic rings. The Balaban J connectivity index is 2.73. The number of fused-ring (bicyclic) bond motifs is 1. The lowest BCUT2D eigenvalue weighted by Gasteiger charge is -2.08.